The molecule has 0 heterocycles. The number of sulfone groups is 1. The quantitative estimate of drug-likeness (QED) is 0.846. The second-order valence-corrected chi connectivity index (χ2v) is 6.14. The van der Waals surface area contributed by atoms with Crippen molar-refractivity contribution in [3.8, 4) is 0 Å². The van der Waals surface area contributed by atoms with E-state index in [4.69, 9.17) is 5.11 Å². The fourth-order valence-corrected chi connectivity index (χ4v) is 3.04. The van der Waals surface area contributed by atoms with Crippen LogP contribution in [0.3, 0.4) is 0 Å². The second kappa shape index (κ2) is 5.82. The maximum atomic E-state index is 11.7. The van der Waals surface area contributed by atoms with Crippen molar-refractivity contribution in [2.75, 3.05) is 5.75 Å². The third kappa shape index (κ3) is 4.56. The number of carboxylic acids is 1. The summed E-state index contributed by atoms with van der Waals surface area (Å²) in [5.74, 6) is -0.979. The summed E-state index contributed by atoms with van der Waals surface area (Å²) >= 11 is 0. The van der Waals surface area contributed by atoms with Crippen LogP contribution >= 0.6 is 0 Å². The molecule has 94 valence electrons. The Balaban J connectivity index is 2.81. The van der Waals surface area contributed by atoms with Gasteiger partial charge in [0.1, 0.15) is 0 Å². The van der Waals surface area contributed by atoms with Crippen LogP contribution in [0.1, 0.15) is 35.7 Å². The van der Waals surface area contributed by atoms with Gasteiger partial charge in [-0.3, -0.25) is 0 Å². The molecule has 1 N–H and O–H groups in total. The Labute approximate surface area is 101 Å². The largest absolute Gasteiger partial charge is 0.478 e. The lowest BCUT2D eigenvalue weighted by Gasteiger charge is -2.04. The van der Waals surface area contributed by atoms with E-state index in [9.17, 15) is 13.2 Å². The summed E-state index contributed by atoms with van der Waals surface area (Å²) in [5.41, 5.74) is 0.647. The lowest BCUT2D eigenvalue weighted by atomic mass is 10.1. The standard InChI is InChI=1S/C12H16O4S/c1-2-3-7-17(15,16)9-10-5-4-6-11(8-10)12(13)14/h4-6,8H,2-3,7,9H2,1H3,(H,13,14). The van der Waals surface area contributed by atoms with Gasteiger partial charge >= 0.3 is 5.97 Å². The normalized spacial score (nSPS) is 11.4. The Morgan fingerprint density at radius 3 is 2.65 bits per heavy atom. The Morgan fingerprint density at radius 1 is 1.35 bits per heavy atom. The van der Waals surface area contributed by atoms with Crippen LogP contribution in [0.4, 0.5) is 0 Å². The first kappa shape index (κ1) is 13.7. The van der Waals surface area contributed by atoms with Gasteiger partial charge in [-0.05, 0) is 24.1 Å². The minimum absolute atomic E-state index is 0.0892. The van der Waals surface area contributed by atoms with E-state index in [0.717, 1.165) is 6.42 Å². The summed E-state index contributed by atoms with van der Waals surface area (Å²) in [6.07, 6.45) is 1.47. The average molecular weight is 256 g/mol. The van der Waals surface area contributed by atoms with Crippen molar-refractivity contribution in [3.63, 3.8) is 0 Å². The molecular formula is C12H16O4S. The Morgan fingerprint density at radius 2 is 2.06 bits per heavy atom. The van der Waals surface area contributed by atoms with Crippen LogP contribution in [0, 0.1) is 0 Å². The van der Waals surface area contributed by atoms with Crippen LogP contribution in [0.2, 0.25) is 0 Å². The fraction of sp³-hybridized carbons (Fsp3) is 0.417. The molecule has 0 amide bonds. The number of carbonyl (C=O) groups is 1. The number of carboxylic acid groups (broad SMARTS) is 1. The van der Waals surface area contributed by atoms with E-state index in [1.165, 1.54) is 12.1 Å². The summed E-state index contributed by atoms with van der Waals surface area (Å²) in [4.78, 5) is 10.7. The molecule has 17 heavy (non-hydrogen) atoms. The lowest BCUT2D eigenvalue weighted by molar-refractivity contribution is 0.0696. The first-order valence-corrected chi connectivity index (χ1v) is 7.29. The number of rotatable bonds is 6. The van der Waals surface area contributed by atoms with Crippen LogP contribution < -0.4 is 0 Å². The molecular weight excluding hydrogens is 240 g/mol. The van der Waals surface area contributed by atoms with Gasteiger partial charge in [-0.1, -0.05) is 25.5 Å². The molecule has 0 atom stereocenters. The first-order chi connectivity index (χ1) is 7.94. The van der Waals surface area contributed by atoms with E-state index in [0.29, 0.717) is 12.0 Å². The van der Waals surface area contributed by atoms with E-state index >= 15 is 0 Å². The summed E-state index contributed by atoms with van der Waals surface area (Å²) in [5, 5.41) is 8.80. The zero-order chi connectivity index (χ0) is 12.9. The monoisotopic (exact) mass is 256 g/mol. The molecule has 0 saturated carbocycles. The van der Waals surface area contributed by atoms with Gasteiger partial charge in [-0.2, -0.15) is 0 Å². The van der Waals surface area contributed by atoms with E-state index in [1.54, 1.807) is 12.1 Å². The molecule has 5 heteroatoms. The second-order valence-electron chi connectivity index (χ2n) is 3.95. The van der Waals surface area contributed by atoms with Gasteiger partial charge in [0.05, 0.1) is 17.1 Å². The average Bonchev–Trinajstić information content (AvgIpc) is 2.26. The van der Waals surface area contributed by atoms with Gasteiger partial charge < -0.3 is 5.11 Å². The van der Waals surface area contributed by atoms with Crippen molar-refractivity contribution in [3.05, 3.63) is 35.4 Å². The molecule has 0 spiro atoms. The summed E-state index contributed by atoms with van der Waals surface area (Å²) < 4.78 is 23.4. The van der Waals surface area contributed by atoms with Crippen LogP contribution in [0.5, 0.6) is 0 Å². The number of benzene rings is 1. The fourth-order valence-electron chi connectivity index (χ4n) is 1.48. The summed E-state index contributed by atoms with van der Waals surface area (Å²) in [7, 11) is -3.13. The molecule has 0 aliphatic rings. The van der Waals surface area contributed by atoms with Gasteiger partial charge in [-0.15, -0.1) is 0 Å². The molecule has 1 rings (SSSR count). The topological polar surface area (TPSA) is 71.4 Å². The van der Waals surface area contributed by atoms with Crippen molar-refractivity contribution < 1.29 is 18.3 Å². The highest BCUT2D eigenvalue weighted by Crippen LogP contribution is 2.11. The Kier molecular flexibility index (Phi) is 4.69. The Bertz CT molecular complexity index is 491. The highest BCUT2D eigenvalue weighted by atomic mass is 32.2. The van der Waals surface area contributed by atoms with Gasteiger partial charge in [0.15, 0.2) is 9.84 Å². The molecule has 0 fully saturated rings. The van der Waals surface area contributed by atoms with Crippen molar-refractivity contribution in [1.82, 2.24) is 0 Å². The predicted octanol–water partition coefficient (Wildman–Crippen LogP) is 2.10. The maximum absolute atomic E-state index is 11.7. The molecule has 4 nitrogen and oxygen atoms in total. The minimum Gasteiger partial charge on any atom is -0.478 e. The Hall–Kier alpha value is -1.36. The van der Waals surface area contributed by atoms with Crippen molar-refractivity contribution in [2.24, 2.45) is 0 Å². The van der Waals surface area contributed by atoms with Crippen LogP contribution in [-0.2, 0) is 15.6 Å². The highest BCUT2D eigenvalue weighted by Gasteiger charge is 2.12. The molecule has 0 radical (unpaired) electrons. The highest BCUT2D eigenvalue weighted by molar-refractivity contribution is 7.90. The summed E-state index contributed by atoms with van der Waals surface area (Å²) in [6, 6.07) is 6.06. The molecule has 0 aliphatic heterocycles. The smallest absolute Gasteiger partial charge is 0.335 e. The third-order valence-corrected chi connectivity index (χ3v) is 4.05. The molecule has 0 aromatic heterocycles. The minimum atomic E-state index is -3.13. The number of hydrogen-bond acceptors (Lipinski definition) is 3. The zero-order valence-electron chi connectivity index (χ0n) is 9.72. The molecule has 1 aromatic carbocycles. The van der Waals surface area contributed by atoms with Gasteiger partial charge in [0.2, 0.25) is 0 Å². The number of aromatic carboxylic acids is 1. The van der Waals surface area contributed by atoms with Crippen LogP contribution in [0.25, 0.3) is 0 Å². The lowest BCUT2D eigenvalue weighted by Crippen LogP contribution is -2.09. The van der Waals surface area contributed by atoms with Crippen molar-refractivity contribution >= 4 is 15.8 Å². The van der Waals surface area contributed by atoms with Crippen LogP contribution in [-0.4, -0.2) is 25.2 Å². The molecule has 0 unspecified atom stereocenters. The van der Waals surface area contributed by atoms with Crippen molar-refractivity contribution in [1.29, 1.82) is 0 Å². The van der Waals surface area contributed by atoms with E-state index < -0.39 is 15.8 Å². The third-order valence-electron chi connectivity index (χ3n) is 2.37. The molecule has 0 bridgehead atoms. The maximum Gasteiger partial charge on any atom is 0.335 e. The van der Waals surface area contributed by atoms with Gasteiger partial charge in [0.25, 0.3) is 0 Å². The van der Waals surface area contributed by atoms with Gasteiger partial charge in [0, 0.05) is 0 Å². The number of unbranched alkanes of at least 4 members (excludes halogenated alkanes) is 1. The van der Waals surface area contributed by atoms with Crippen molar-refractivity contribution in [2.45, 2.75) is 25.5 Å². The SMILES string of the molecule is CCCCS(=O)(=O)Cc1cccc(C(=O)O)c1. The van der Waals surface area contributed by atoms with Gasteiger partial charge in [-0.25, -0.2) is 13.2 Å². The predicted molar refractivity (Wildman–Crippen MR) is 65.8 cm³/mol. The van der Waals surface area contributed by atoms with E-state index in [1.807, 2.05) is 6.92 Å². The molecule has 1 aromatic rings. The van der Waals surface area contributed by atoms with E-state index in [-0.39, 0.29) is 17.1 Å². The first-order valence-electron chi connectivity index (χ1n) is 5.47. The molecule has 0 saturated heterocycles. The van der Waals surface area contributed by atoms with Crippen LogP contribution in [0.15, 0.2) is 24.3 Å². The number of hydrogen-bond donors (Lipinski definition) is 1. The summed E-state index contributed by atoms with van der Waals surface area (Å²) in [6.45, 7) is 1.93. The molecule has 0 aliphatic carbocycles. The zero-order valence-corrected chi connectivity index (χ0v) is 10.5. The van der Waals surface area contributed by atoms with E-state index in [2.05, 4.69) is 0 Å².